The van der Waals surface area contributed by atoms with Crippen molar-refractivity contribution in [3.8, 4) is 0 Å². The Kier molecular flexibility index (Phi) is 4.47. The van der Waals surface area contributed by atoms with Crippen LogP contribution >= 0.6 is 0 Å². The second-order valence-corrected chi connectivity index (χ2v) is 7.50. The molecule has 8 heteroatoms. The van der Waals surface area contributed by atoms with Crippen molar-refractivity contribution in [3.63, 3.8) is 0 Å². The van der Waals surface area contributed by atoms with Crippen molar-refractivity contribution in [2.45, 2.75) is 17.0 Å². The zero-order valence-corrected chi connectivity index (χ0v) is 12.9. The van der Waals surface area contributed by atoms with E-state index in [1.807, 2.05) is 0 Å². The molecule has 0 radical (unpaired) electrons. The van der Waals surface area contributed by atoms with Gasteiger partial charge in [0.15, 0.2) is 0 Å². The summed E-state index contributed by atoms with van der Waals surface area (Å²) in [4.78, 5) is 1.97. The Morgan fingerprint density at radius 2 is 1.95 bits per heavy atom. The summed E-state index contributed by atoms with van der Waals surface area (Å²) in [6.07, 6.45) is -0.749. The molecule has 0 bridgehead atoms. The molecule has 3 rings (SSSR count). The Balaban J connectivity index is 1.78. The highest BCUT2D eigenvalue weighted by Crippen LogP contribution is 2.25. The normalized spacial score (nSPS) is 28.1. The SMILES string of the molecule is O=S(=O)(c1cccc(F)c1)N1C[C@@H](O)[C@H](N2CCOCC2)C1. The standard InChI is InChI=1S/C14H19FN2O4S/c15-11-2-1-3-12(8-11)22(19,20)17-9-13(14(18)10-17)16-4-6-21-7-5-16/h1-3,8,13-14,18H,4-7,9-10H2/t13-,14-/m1/s1. The number of benzene rings is 1. The predicted molar refractivity (Wildman–Crippen MR) is 77.3 cm³/mol. The number of morpholine rings is 1. The first kappa shape index (κ1) is 15.8. The van der Waals surface area contributed by atoms with Crippen LogP contribution in [0.3, 0.4) is 0 Å². The summed E-state index contributed by atoms with van der Waals surface area (Å²) in [7, 11) is -3.79. The van der Waals surface area contributed by atoms with Gasteiger partial charge in [-0.25, -0.2) is 12.8 Å². The van der Waals surface area contributed by atoms with Gasteiger partial charge in [-0.2, -0.15) is 4.31 Å². The van der Waals surface area contributed by atoms with Gasteiger partial charge in [-0.15, -0.1) is 0 Å². The molecule has 0 aliphatic carbocycles. The molecule has 1 aromatic carbocycles. The average molecular weight is 330 g/mol. The number of halogens is 1. The van der Waals surface area contributed by atoms with Gasteiger partial charge in [0.05, 0.1) is 30.3 Å². The lowest BCUT2D eigenvalue weighted by molar-refractivity contribution is -0.00602. The topological polar surface area (TPSA) is 70.1 Å². The van der Waals surface area contributed by atoms with Crippen molar-refractivity contribution in [3.05, 3.63) is 30.1 Å². The minimum Gasteiger partial charge on any atom is -0.390 e. The van der Waals surface area contributed by atoms with Crippen LogP contribution < -0.4 is 0 Å². The van der Waals surface area contributed by atoms with Crippen LogP contribution in [0.15, 0.2) is 29.2 Å². The largest absolute Gasteiger partial charge is 0.390 e. The van der Waals surface area contributed by atoms with Crippen LogP contribution in [0, 0.1) is 5.82 Å². The molecule has 2 fully saturated rings. The number of hydrogen-bond donors (Lipinski definition) is 1. The molecule has 2 saturated heterocycles. The Morgan fingerprint density at radius 1 is 1.23 bits per heavy atom. The number of aliphatic hydroxyl groups excluding tert-OH is 1. The van der Waals surface area contributed by atoms with Crippen molar-refractivity contribution < 1.29 is 22.7 Å². The smallest absolute Gasteiger partial charge is 0.243 e. The van der Waals surface area contributed by atoms with Crippen LogP contribution in [0.1, 0.15) is 0 Å². The molecular weight excluding hydrogens is 311 g/mol. The van der Waals surface area contributed by atoms with E-state index in [1.165, 1.54) is 22.5 Å². The summed E-state index contributed by atoms with van der Waals surface area (Å²) in [5.41, 5.74) is 0. The second kappa shape index (κ2) is 6.21. The first-order chi connectivity index (χ1) is 10.5. The van der Waals surface area contributed by atoms with Crippen molar-refractivity contribution in [1.29, 1.82) is 0 Å². The van der Waals surface area contributed by atoms with Crippen LogP contribution in [0.4, 0.5) is 4.39 Å². The molecule has 22 heavy (non-hydrogen) atoms. The minimum atomic E-state index is -3.79. The number of nitrogens with zero attached hydrogens (tertiary/aromatic N) is 2. The molecule has 0 aromatic heterocycles. The van der Waals surface area contributed by atoms with Gasteiger partial charge in [0.1, 0.15) is 5.82 Å². The lowest BCUT2D eigenvalue weighted by Gasteiger charge is -2.33. The Labute approximate surface area is 129 Å². The molecule has 0 unspecified atom stereocenters. The van der Waals surface area contributed by atoms with Gasteiger partial charge in [0, 0.05) is 26.2 Å². The molecule has 2 aliphatic heterocycles. The zero-order chi connectivity index (χ0) is 15.7. The summed E-state index contributed by atoms with van der Waals surface area (Å²) in [5, 5.41) is 10.2. The van der Waals surface area contributed by atoms with Gasteiger partial charge in [-0.05, 0) is 18.2 Å². The molecular formula is C14H19FN2O4S. The minimum absolute atomic E-state index is 0.0286. The fourth-order valence-electron chi connectivity index (χ4n) is 2.98. The molecule has 6 nitrogen and oxygen atoms in total. The van der Waals surface area contributed by atoms with Gasteiger partial charge < -0.3 is 9.84 Å². The molecule has 0 saturated carbocycles. The molecule has 1 aromatic rings. The third-order valence-corrected chi connectivity index (χ3v) is 6.00. The maximum absolute atomic E-state index is 13.3. The molecule has 2 heterocycles. The van der Waals surface area contributed by atoms with E-state index < -0.39 is 21.9 Å². The Bertz CT molecular complexity index is 633. The lowest BCUT2D eigenvalue weighted by atomic mass is 10.2. The van der Waals surface area contributed by atoms with E-state index in [4.69, 9.17) is 4.74 Å². The molecule has 2 aliphatic rings. The molecule has 1 N–H and O–H groups in total. The van der Waals surface area contributed by atoms with Crippen LogP contribution in [0.25, 0.3) is 0 Å². The van der Waals surface area contributed by atoms with Crippen molar-refractivity contribution in [1.82, 2.24) is 9.21 Å². The van der Waals surface area contributed by atoms with Crippen molar-refractivity contribution >= 4 is 10.0 Å². The first-order valence-corrected chi connectivity index (χ1v) is 8.68. The number of rotatable bonds is 3. The Hall–Kier alpha value is -1.06. The van der Waals surface area contributed by atoms with E-state index in [0.29, 0.717) is 26.3 Å². The first-order valence-electron chi connectivity index (χ1n) is 7.24. The summed E-state index contributed by atoms with van der Waals surface area (Å²) >= 11 is 0. The Morgan fingerprint density at radius 3 is 2.64 bits per heavy atom. The van der Waals surface area contributed by atoms with Gasteiger partial charge in [0.2, 0.25) is 10.0 Å². The number of aliphatic hydroxyl groups is 1. The highest BCUT2D eigenvalue weighted by molar-refractivity contribution is 7.89. The third-order valence-electron chi connectivity index (χ3n) is 4.17. The average Bonchev–Trinajstić information content (AvgIpc) is 2.91. The maximum atomic E-state index is 13.3. The van der Waals surface area contributed by atoms with Gasteiger partial charge >= 0.3 is 0 Å². The quantitative estimate of drug-likeness (QED) is 0.838. The van der Waals surface area contributed by atoms with Gasteiger partial charge in [-0.1, -0.05) is 6.07 Å². The zero-order valence-electron chi connectivity index (χ0n) is 12.1. The van der Waals surface area contributed by atoms with Crippen LogP contribution in [0.2, 0.25) is 0 Å². The second-order valence-electron chi connectivity index (χ2n) is 5.56. The lowest BCUT2D eigenvalue weighted by Crippen LogP contribution is -2.49. The number of sulfonamides is 1. The van der Waals surface area contributed by atoms with Crippen molar-refractivity contribution in [2.75, 3.05) is 39.4 Å². The van der Waals surface area contributed by atoms with Crippen molar-refractivity contribution in [2.24, 2.45) is 0 Å². The fourth-order valence-corrected chi connectivity index (χ4v) is 4.48. The van der Waals surface area contributed by atoms with Crippen LogP contribution in [-0.4, -0.2) is 74.3 Å². The highest BCUT2D eigenvalue weighted by Gasteiger charge is 2.41. The van der Waals surface area contributed by atoms with Crippen LogP contribution in [-0.2, 0) is 14.8 Å². The molecule has 0 amide bonds. The molecule has 122 valence electrons. The van der Waals surface area contributed by atoms with Gasteiger partial charge in [-0.3, -0.25) is 4.90 Å². The maximum Gasteiger partial charge on any atom is 0.243 e. The molecule has 2 atom stereocenters. The summed E-state index contributed by atoms with van der Waals surface area (Å²) in [6.45, 7) is 2.76. The third kappa shape index (κ3) is 3.02. The number of ether oxygens (including phenoxy) is 1. The van der Waals surface area contributed by atoms with E-state index in [9.17, 15) is 17.9 Å². The van der Waals surface area contributed by atoms with E-state index in [-0.39, 0.29) is 24.0 Å². The summed E-state index contributed by atoms with van der Waals surface area (Å²) in [5.74, 6) is -0.592. The monoisotopic (exact) mass is 330 g/mol. The fraction of sp³-hybridized carbons (Fsp3) is 0.571. The van der Waals surface area contributed by atoms with E-state index in [2.05, 4.69) is 4.90 Å². The highest BCUT2D eigenvalue weighted by atomic mass is 32.2. The van der Waals surface area contributed by atoms with Crippen LogP contribution in [0.5, 0.6) is 0 Å². The van der Waals surface area contributed by atoms with E-state index >= 15 is 0 Å². The summed E-state index contributed by atoms with van der Waals surface area (Å²) < 4.78 is 44.9. The van der Waals surface area contributed by atoms with E-state index in [0.717, 1.165) is 6.07 Å². The molecule has 0 spiro atoms. The van der Waals surface area contributed by atoms with E-state index in [1.54, 1.807) is 0 Å². The number of β-amino-alcohol motifs (C(OH)–C–C–N with tert-alkyl or cyclic N) is 1. The number of hydrogen-bond acceptors (Lipinski definition) is 5. The predicted octanol–water partition coefficient (Wildman–Crippen LogP) is -0.108. The van der Waals surface area contributed by atoms with Gasteiger partial charge in [0.25, 0.3) is 0 Å². The summed E-state index contributed by atoms with van der Waals surface area (Å²) in [6, 6.07) is 4.70.